The van der Waals surface area contributed by atoms with Crippen LogP contribution in [0.4, 0.5) is 0 Å². The fourth-order valence-electron chi connectivity index (χ4n) is 4.40. The van der Waals surface area contributed by atoms with Crippen molar-refractivity contribution in [2.45, 2.75) is 53.5 Å². The fourth-order valence-corrected chi connectivity index (χ4v) is 4.40. The number of hydrogen-bond acceptors (Lipinski definition) is 5. The Hall–Kier alpha value is -3.76. The van der Waals surface area contributed by atoms with Gasteiger partial charge in [0.25, 0.3) is 5.56 Å². The van der Waals surface area contributed by atoms with Gasteiger partial charge in [-0.15, -0.1) is 0 Å². The van der Waals surface area contributed by atoms with Crippen molar-refractivity contribution in [2.24, 2.45) is 5.41 Å². The van der Waals surface area contributed by atoms with Gasteiger partial charge < -0.3 is 5.11 Å². The standard InChI is InChI=1S/C28H31N5O2/c1-5-8-25-24(15-20-11-13-21(14-12-20)23-10-7-6-9-22(23)16-29)26(35)32(17-28(3,4)18-34)27-30-19(2)31-33(25)27/h6-7,9-14,34H,5,8,15,17-18H2,1-4H3. The van der Waals surface area contributed by atoms with E-state index in [1.165, 1.54) is 0 Å². The molecule has 0 aliphatic heterocycles. The topological polar surface area (TPSA) is 96.2 Å². The van der Waals surface area contributed by atoms with Gasteiger partial charge in [-0.3, -0.25) is 9.36 Å². The van der Waals surface area contributed by atoms with E-state index in [0.29, 0.717) is 42.1 Å². The van der Waals surface area contributed by atoms with Crippen LogP contribution in [0.5, 0.6) is 0 Å². The maximum Gasteiger partial charge on any atom is 0.258 e. The summed E-state index contributed by atoms with van der Waals surface area (Å²) in [6, 6.07) is 17.8. The third-order valence-electron chi connectivity index (χ3n) is 6.24. The number of aliphatic hydroxyl groups is 1. The molecule has 0 amide bonds. The second kappa shape index (κ2) is 9.85. The van der Waals surface area contributed by atoms with Crippen molar-refractivity contribution in [1.82, 2.24) is 19.2 Å². The van der Waals surface area contributed by atoms with Crippen molar-refractivity contribution < 1.29 is 5.11 Å². The molecule has 4 rings (SSSR count). The molecule has 0 aliphatic rings. The number of nitriles is 1. The summed E-state index contributed by atoms with van der Waals surface area (Å²) in [4.78, 5) is 18.4. The molecule has 7 nitrogen and oxygen atoms in total. The van der Waals surface area contributed by atoms with Crippen molar-refractivity contribution in [1.29, 1.82) is 5.26 Å². The fraction of sp³-hybridized carbons (Fsp3) is 0.357. The van der Waals surface area contributed by atoms with Crippen LogP contribution in [0.15, 0.2) is 53.3 Å². The predicted molar refractivity (Wildman–Crippen MR) is 136 cm³/mol. The molecule has 180 valence electrons. The van der Waals surface area contributed by atoms with Crippen LogP contribution in [-0.2, 0) is 19.4 Å². The molecule has 2 heterocycles. The molecule has 4 aromatic rings. The molecule has 0 saturated heterocycles. The maximum atomic E-state index is 13.8. The van der Waals surface area contributed by atoms with Gasteiger partial charge in [-0.2, -0.15) is 15.3 Å². The molecule has 7 heteroatoms. The smallest absolute Gasteiger partial charge is 0.258 e. The normalized spacial score (nSPS) is 11.7. The highest BCUT2D eigenvalue weighted by Crippen LogP contribution is 2.25. The Kier molecular flexibility index (Phi) is 6.86. The Bertz CT molecular complexity index is 1460. The second-order valence-corrected chi connectivity index (χ2v) is 9.79. The van der Waals surface area contributed by atoms with Crippen LogP contribution in [0.2, 0.25) is 0 Å². The number of hydrogen-bond donors (Lipinski definition) is 1. The molecule has 0 fully saturated rings. The summed E-state index contributed by atoms with van der Waals surface area (Å²) >= 11 is 0. The summed E-state index contributed by atoms with van der Waals surface area (Å²) in [5, 5.41) is 23.9. The number of aliphatic hydroxyl groups excluding tert-OH is 1. The number of nitrogens with zero attached hydrogens (tertiary/aromatic N) is 5. The van der Waals surface area contributed by atoms with Crippen molar-refractivity contribution in [3.63, 3.8) is 0 Å². The summed E-state index contributed by atoms with van der Waals surface area (Å²) in [5.74, 6) is 1.12. The molecule has 0 unspecified atom stereocenters. The summed E-state index contributed by atoms with van der Waals surface area (Å²) < 4.78 is 3.46. The van der Waals surface area contributed by atoms with E-state index < -0.39 is 5.41 Å². The van der Waals surface area contributed by atoms with Crippen LogP contribution in [0.1, 0.15) is 55.4 Å². The van der Waals surface area contributed by atoms with E-state index in [1.807, 2.05) is 69.3 Å². The minimum absolute atomic E-state index is 0.0452. The first-order valence-corrected chi connectivity index (χ1v) is 11.9. The van der Waals surface area contributed by atoms with Crippen LogP contribution in [0, 0.1) is 23.7 Å². The van der Waals surface area contributed by atoms with Gasteiger partial charge in [0.05, 0.1) is 17.3 Å². The molecule has 0 radical (unpaired) electrons. The molecule has 1 N–H and O–H groups in total. The zero-order valence-electron chi connectivity index (χ0n) is 20.7. The van der Waals surface area contributed by atoms with Gasteiger partial charge >= 0.3 is 0 Å². The van der Waals surface area contributed by atoms with Crippen molar-refractivity contribution >= 4 is 5.78 Å². The Morgan fingerprint density at radius 3 is 2.49 bits per heavy atom. The Morgan fingerprint density at radius 1 is 1.11 bits per heavy atom. The molecule has 2 aromatic heterocycles. The van der Waals surface area contributed by atoms with Crippen LogP contribution in [0.25, 0.3) is 16.9 Å². The van der Waals surface area contributed by atoms with E-state index in [0.717, 1.165) is 28.8 Å². The monoisotopic (exact) mass is 469 g/mol. The molecule has 0 saturated carbocycles. The largest absolute Gasteiger partial charge is 0.396 e. The summed E-state index contributed by atoms with van der Waals surface area (Å²) in [6.45, 7) is 8.06. The Morgan fingerprint density at radius 2 is 1.83 bits per heavy atom. The lowest BCUT2D eigenvalue weighted by molar-refractivity contribution is 0.140. The van der Waals surface area contributed by atoms with Gasteiger partial charge in [0.15, 0.2) is 0 Å². The highest BCUT2D eigenvalue weighted by molar-refractivity contribution is 5.70. The minimum Gasteiger partial charge on any atom is -0.396 e. The average molecular weight is 470 g/mol. The number of aromatic nitrogens is 4. The van der Waals surface area contributed by atoms with Gasteiger partial charge in [0.2, 0.25) is 5.78 Å². The molecular weight excluding hydrogens is 438 g/mol. The van der Waals surface area contributed by atoms with Crippen molar-refractivity contribution in [2.75, 3.05) is 6.61 Å². The second-order valence-electron chi connectivity index (χ2n) is 9.79. The van der Waals surface area contributed by atoms with E-state index in [2.05, 4.69) is 23.1 Å². The van der Waals surface area contributed by atoms with Crippen molar-refractivity contribution in [3.05, 3.63) is 87.1 Å². The summed E-state index contributed by atoms with van der Waals surface area (Å²) in [7, 11) is 0. The highest BCUT2D eigenvalue weighted by Gasteiger charge is 2.24. The Labute approximate surface area is 205 Å². The molecular formula is C28H31N5O2. The minimum atomic E-state index is -0.483. The lowest BCUT2D eigenvalue weighted by atomic mass is 9.94. The average Bonchev–Trinajstić information content (AvgIpc) is 3.25. The molecule has 0 bridgehead atoms. The van der Waals surface area contributed by atoms with E-state index >= 15 is 0 Å². The number of benzene rings is 2. The van der Waals surface area contributed by atoms with E-state index in [4.69, 9.17) is 0 Å². The third-order valence-corrected chi connectivity index (χ3v) is 6.24. The Balaban J connectivity index is 1.81. The van der Waals surface area contributed by atoms with Gasteiger partial charge in [-0.05, 0) is 36.1 Å². The van der Waals surface area contributed by atoms with Gasteiger partial charge in [-0.1, -0.05) is 69.7 Å². The maximum absolute atomic E-state index is 13.8. The number of fused-ring (bicyclic) bond motifs is 1. The number of rotatable bonds is 8. The predicted octanol–water partition coefficient (Wildman–Crippen LogP) is 4.30. The van der Waals surface area contributed by atoms with E-state index in [9.17, 15) is 15.2 Å². The van der Waals surface area contributed by atoms with Gasteiger partial charge in [0, 0.05) is 30.6 Å². The third kappa shape index (κ3) is 4.89. The quantitative estimate of drug-likeness (QED) is 0.415. The van der Waals surface area contributed by atoms with Gasteiger partial charge in [-0.25, -0.2) is 4.52 Å². The zero-order valence-corrected chi connectivity index (χ0v) is 20.7. The molecule has 0 aliphatic carbocycles. The summed E-state index contributed by atoms with van der Waals surface area (Å²) in [6.07, 6.45) is 2.04. The van der Waals surface area contributed by atoms with Crippen LogP contribution >= 0.6 is 0 Å². The van der Waals surface area contributed by atoms with E-state index in [1.54, 1.807) is 9.08 Å². The highest BCUT2D eigenvalue weighted by atomic mass is 16.3. The van der Waals surface area contributed by atoms with Crippen LogP contribution in [-0.4, -0.2) is 30.9 Å². The lowest BCUT2D eigenvalue weighted by Gasteiger charge is -2.24. The van der Waals surface area contributed by atoms with Crippen LogP contribution in [0.3, 0.4) is 0 Å². The first-order valence-electron chi connectivity index (χ1n) is 11.9. The van der Waals surface area contributed by atoms with Crippen LogP contribution < -0.4 is 5.56 Å². The van der Waals surface area contributed by atoms with Gasteiger partial charge in [0.1, 0.15) is 5.82 Å². The molecule has 2 aromatic carbocycles. The number of aryl methyl sites for hydroxylation is 2. The molecule has 0 atom stereocenters. The first-order chi connectivity index (χ1) is 16.8. The van der Waals surface area contributed by atoms with E-state index in [-0.39, 0.29) is 12.2 Å². The zero-order chi connectivity index (χ0) is 25.2. The molecule has 0 spiro atoms. The first kappa shape index (κ1) is 24.4. The molecule has 35 heavy (non-hydrogen) atoms. The lowest BCUT2D eigenvalue weighted by Crippen LogP contribution is -2.35. The van der Waals surface area contributed by atoms with Crippen molar-refractivity contribution in [3.8, 4) is 17.2 Å². The summed E-state index contributed by atoms with van der Waals surface area (Å²) in [5.41, 5.74) is 4.49. The SMILES string of the molecule is CCCc1c(Cc2ccc(-c3ccccc3C#N)cc2)c(=O)n(CC(C)(C)CO)c2nc(C)nn12.